The Balaban J connectivity index is 2.29. The second-order valence-corrected chi connectivity index (χ2v) is 6.61. The molecule has 1 fully saturated rings. The standard InChI is InChI=1S/C12H17N3O4S/c1-9-6-7-13-8-10(9)14-20(18,19)12-5-3-2-4-11(12)15(16)17/h2-5,9-10,13-14H,6-8H2,1H3. The molecule has 2 atom stereocenters. The van der Waals surface area contributed by atoms with Gasteiger partial charge in [0.05, 0.1) is 4.92 Å². The van der Waals surface area contributed by atoms with Crippen molar-refractivity contribution in [1.29, 1.82) is 0 Å². The molecule has 1 saturated heterocycles. The van der Waals surface area contributed by atoms with Crippen molar-refractivity contribution in [3.05, 3.63) is 34.4 Å². The molecule has 110 valence electrons. The summed E-state index contributed by atoms with van der Waals surface area (Å²) in [7, 11) is -3.90. The van der Waals surface area contributed by atoms with Gasteiger partial charge < -0.3 is 5.32 Å². The molecule has 0 aliphatic carbocycles. The number of hydrogen-bond donors (Lipinski definition) is 2. The van der Waals surface area contributed by atoms with Gasteiger partial charge in [-0.2, -0.15) is 0 Å². The molecule has 20 heavy (non-hydrogen) atoms. The molecular weight excluding hydrogens is 282 g/mol. The van der Waals surface area contributed by atoms with Gasteiger partial charge in [-0.1, -0.05) is 19.1 Å². The fourth-order valence-corrected chi connectivity index (χ4v) is 3.76. The van der Waals surface area contributed by atoms with Gasteiger partial charge in [-0.15, -0.1) is 0 Å². The Morgan fingerprint density at radius 3 is 2.75 bits per heavy atom. The van der Waals surface area contributed by atoms with Gasteiger partial charge in [-0.25, -0.2) is 13.1 Å². The van der Waals surface area contributed by atoms with Crippen molar-refractivity contribution in [1.82, 2.24) is 10.0 Å². The number of rotatable bonds is 4. The summed E-state index contributed by atoms with van der Waals surface area (Å²) < 4.78 is 27.2. The second kappa shape index (κ2) is 5.86. The van der Waals surface area contributed by atoms with Gasteiger partial charge in [0.1, 0.15) is 0 Å². The van der Waals surface area contributed by atoms with Gasteiger partial charge in [-0.05, 0) is 24.9 Å². The van der Waals surface area contributed by atoms with Crippen LogP contribution in [-0.2, 0) is 10.0 Å². The van der Waals surface area contributed by atoms with Crippen molar-refractivity contribution in [2.24, 2.45) is 5.92 Å². The monoisotopic (exact) mass is 299 g/mol. The first-order valence-corrected chi connectivity index (χ1v) is 7.86. The zero-order valence-corrected chi connectivity index (χ0v) is 11.9. The predicted octanol–water partition coefficient (Wildman–Crippen LogP) is 0.871. The lowest BCUT2D eigenvalue weighted by atomic mass is 9.96. The number of nitro benzene ring substituents is 1. The number of para-hydroxylation sites is 1. The van der Waals surface area contributed by atoms with E-state index in [0.717, 1.165) is 13.0 Å². The molecule has 1 aliphatic rings. The summed E-state index contributed by atoms with van der Waals surface area (Å²) in [5.74, 6) is 0.189. The van der Waals surface area contributed by atoms with Crippen LogP contribution in [0.5, 0.6) is 0 Å². The average molecular weight is 299 g/mol. The summed E-state index contributed by atoms with van der Waals surface area (Å²) >= 11 is 0. The number of hydrogen-bond acceptors (Lipinski definition) is 5. The Morgan fingerprint density at radius 1 is 1.40 bits per heavy atom. The van der Waals surface area contributed by atoms with Crippen LogP contribution in [0.2, 0.25) is 0 Å². The Labute approximate surface area is 117 Å². The molecule has 1 heterocycles. The van der Waals surface area contributed by atoms with Crippen LogP contribution in [0.4, 0.5) is 5.69 Å². The number of benzene rings is 1. The third-order valence-corrected chi connectivity index (χ3v) is 5.02. The minimum absolute atomic E-state index is 0.189. The predicted molar refractivity (Wildman–Crippen MR) is 73.9 cm³/mol. The van der Waals surface area contributed by atoms with Gasteiger partial charge in [0.2, 0.25) is 10.0 Å². The van der Waals surface area contributed by atoms with Crippen molar-refractivity contribution in [2.75, 3.05) is 13.1 Å². The van der Waals surface area contributed by atoms with Gasteiger partial charge in [0.25, 0.3) is 5.69 Å². The van der Waals surface area contributed by atoms with Crippen LogP contribution in [0.15, 0.2) is 29.2 Å². The molecule has 1 aromatic rings. The molecule has 8 heteroatoms. The van der Waals surface area contributed by atoms with E-state index in [9.17, 15) is 18.5 Å². The summed E-state index contributed by atoms with van der Waals surface area (Å²) in [6, 6.07) is 5.11. The van der Waals surface area contributed by atoms with E-state index in [4.69, 9.17) is 0 Å². The molecular formula is C12H17N3O4S. The van der Waals surface area contributed by atoms with E-state index in [0.29, 0.717) is 6.54 Å². The normalized spacial score (nSPS) is 23.4. The summed E-state index contributed by atoms with van der Waals surface area (Å²) in [5, 5.41) is 14.0. The molecule has 0 amide bonds. The highest BCUT2D eigenvalue weighted by atomic mass is 32.2. The van der Waals surface area contributed by atoms with Gasteiger partial charge >= 0.3 is 0 Å². The Kier molecular flexibility index (Phi) is 4.36. The van der Waals surface area contributed by atoms with Crippen molar-refractivity contribution in [3.8, 4) is 0 Å². The summed E-state index contributed by atoms with van der Waals surface area (Å²) in [6.45, 7) is 3.35. The van der Waals surface area contributed by atoms with Crippen molar-refractivity contribution >= 4 is 15.7 Å². The first-order chi connectivity index (χ1) is 9.42. The first-order valence-electron chi connectivity index (χ1n) is 6.38. The highest BCUT2D eigenvalue weighted by Crippen LogP contribution is 2.24. The maximum atomic E-state index is 12.3. The lowest BCUT2D eigenvalue weighted by Gasteiger charge is -2.29. The van der Waals surface area contributed by atoms with E-state index in [1.165, 1.54) is 24.3 Å². The third-order valence-electron chi connectivity index (χ3n) is 3.49. The van der Waals surface area contributed by atoms with E-state index < -0.39 is 20.6 Å². The summed E-state index contributed by atoms with van der Waals surface area (Å²) in [4.78, 5) is 9.95. The number of piperidine rings is 1. The lowest BCUT2D eigenvalue weighted by Crippen LogP contribution is -2.50. The van der Waals surface area contributed by atoms with E-state index in [1.54, 1.807) is 0 Å². The van der Waals surface area contributed by atoms with Crippen molar-refractivity contribution in [2.45, 2.75) is 24.3 Å². The Hall–Kier alpha value is -1.51. The van der Waals surface area contributed by atoms with Crippen molar-refractivity contribution in [3.63, 3.8) is 0 Å². The second-order valence-electron chi connectivity index (χ2n) is 4.92. The minimum Gasteiger partial charge on any atom is -0.315 e. The van der Waals surface area contributed by atoms with Crippen LogP contribution >= 0.6 is 0 Å². The third kappa shape index (κ3) is 3.14. The van der Waals surface area contributed by atoms with E-state index in [2.05, 4.69) is 10.0 Å². The van der Waals surface area contributed by atoms with Crippen LogP contribution in [-0.4, -0.2) is 32.5 Å². The first kappa shape index (κ1) is 14.9. The molecule has 0 bridgehead atoms. The molecule has 2 rings (SSSR count). The molecule has 2 unspecified atom stereocenters. The van der Waals surface area contributed by atoms with E-state index in [-0.39, 0.29) is 16.9 Å². The fraction of sp³-hybridized carbons (Fsp3) is 0.500. The minimum atomic E-state index is -3.90. The number of nitro groups is 1. The summed E-state index contributed by atoms with van der Waals surface area (Å²) in [6.07, 6.45) is 0.865. The van der Waals surface area contributed by atoms with E-state index in [1.807, 2.05) is 6.92 Å². The Bertz CT molecular complexity index is 602. The molecule has 2 N–H and O–H groups in total. The highest BCUT2D eigenvalue weighted by molar-refractivity contribution is 7.89. The largest absolute Gasteiger partial charge is 0.315 e. The fourth-order valence-electron chi connectivity index (χ4n) is 2.25. The quantitative estimate of drug-likeness (QED) is 0.634. The van der Waals surface area contributed by atoms with Crippen LogP contribution in [0.3, 0.4) is 0 Å². The SMILES string of the molecule is CC1CCNCC1NS(=O)(=O)c1ccccc1[N+](=O)[O-]. The maximum absolute atomic E-state index is 12.3. The topological polar surface area (TPSA) is 101 Å². The molecule has 1 aliphatic heterocycles. The molecule has 1 aromatic carbocycles. The smallest absolute Gasteiger partial charge is 0.289 e. The summed E-state index contributed by atoms with van der Waals surface area (Å²) in [5.41, 5.74) is -0.406. The zero-order chi connectivity index (χ0) is 14.8. The maximum Gasteiger partial charge on any atom is 0.289 e. The molecule has 0 radical (unpaired) electrons. The Morgan fingerprint density at radius 2 is 2.10 bits per heavy atom. The van der Waals surface area contributed by atoms with Crippen LogP contribution in [0.25, 0.3) is 0 Å². The van der Waals surface area contributed by atoms with Crippen LogP contribution in [0, 0.1) is 16.0 Å². The van der Waals surface area contributed by atoms with Gasteiger partial charge in [-0.3, -0.25) is 10.1 Å². The number of nitrogens with one attached hydrogen (secondary N) is 2. The highest BCUT2D eigenvalue weighted by Gasteiger charge is 2.30. The van der Waals surface area contributed by atoms with E-state index >= 15 is 0 Å². The molecule has 7 nitrogen and oxygen atoms in total. The molecule has 0 aromatic heterocycles. The van der Waals surface area contributed by atoms with Crippen LogP contribution < -0.4 is 10.0 Å². The average Bonchev–Trinajstić information content (AvgIpc) is 2.41. The number of sulfonamides is 1. The molecule has 0 saturated carbocycles. The van der Waals surface area contributed by atoms with Gasteiger partial charge in [0.15, 0.2) is 4.90 Å². The lowest BCUT2D eigenvalue weighted by molar-refractivity contribution is -0.387. The number of nitrogens with zero attached hydrogens (tertiary/aromatic N) is 1. The van der Waals surface area contributed by atoms with Crippen LogP contribution in [0.1, 0.15) is 13.3 Å². The van der Waals surface area contributed by atoms with Crippen molar-refractivity contribution < 1.29 is 13.3 Å². The van der Waals surface area contributed by atoms with Gasteiger partial charge in [0, 0.05) is 18.7 Å². The zero-order valence-electron chi connectivity index (χ0n) is 11.1. The molecule has 0 spiro atoms.